The molecule has 30 heavy (non-hydrogen) atoms. The van der Waals surface area contributed by atoms with Gasteiger partial charge in [0.25, 0.3) is 0 Å². The van der Waals surface area contributed by atoms with E-state index in [-0.39, 0.29) is 31.2 Å². The zero-order valence-electron chi connectivity index (χ0n) is 17.5. The van der Waals surface area contributed by atoms with Crippen LogP contribution in [0.4, 0.5) is 0 Å². The van der Waals surface area contributed by atoms with Crippen LogP contribution >= 0.6 is 0 Å². The summed E-state index contributed by atoms with van der Waals surface area (Å²) in [6.07, 6.45) is 0.252. The molecule has 7 nitrogen and oxygen atoms in total. The summed E-state index contributed by atoms with van der Waals surface area (Å²) in [5.74, 6) is -0.514. The summed E-state index contributed by atoms with van der Waals surface area (Å²) in [6.45, 7) is 1.88. The number of nitrogens with one attached hydrogen (secondary N) is 2. The zero-order chi connectivity index (χ0) is 21.9. The van der Waals surface area contributed by atoms with Gasteiger partial charge in [-0.3, -0.25) is 9.59 Å². The molecule has 0 spiro atoms. The first-order valence-electron chi connectivity index (χ1n) is 9.77. The van der Waals surface area contributed by atoms with Crippen molar-refractivity contribution >= 4 is 17.8 Å². The maximum atomic E-state index is 12.3. The van der Waals surface area contributed by atoms with Crippen LogP contribution in [0.2, 0.25) is 0 Å². The Bertz CT molecular complexity index is 854. The standard InChI is InChI=1S/C23H28N2O5/c1-16(18-9-5-4-6-10-18)24-21(26)12-13-22(27)25-20(23(28)30-3)15-17-8-7-11-19(14-17)29-2/h4-11,14,16,20H,12-13,15H2,1-3H3,(H,24,26)(H,25,27)/t16-,20+/m1/s1. The van der Waals surface area contributed by atoms with Gasteiger partial charge in [0, 0.05) is 19.3 Å². The molecule has 0 saturated carbocycles. The highest BCUT2D eigenvalue weighted by Gasteiger charge is 2.22. The van der Waals surface area contributed by atoms with Gasteiger partial charge in [0.05, 0.1) is 20.3 Å². The van der Waals surface area contributed by atoms with Gasteiger partial charge in [-0.1, -0.05) is 42.5 Å². The molecular formula is C23H28N2O5. The van der Waals surface area contributed by atoms with E-state index in [1.165, 1.54) is 7.11 Å². The highest BCUT2D eigenvalue weighted by atomic mass is 16.5. The predicted molar refractivity (Wildman–Crippen MR) is 113 cm³/mol. The largest absolute Gasteiger partial charge is 0.497 e. The molecule has 0 fully saturated rings. The maximum Gasteiger partial charge on any atom is 0.328 e. The summed E-state index contributed by atoms with van der Waals surface area (Å²) in [5.41, 5.74) is 1.80. The van der Waals surface area contributed by atoms with E-state index in [1.54, 1.807) is 19.2 Å². The lowest BCUT2D eigenvalue weighted by molar-refractivity contribution is -0.145. The Hall–Kier alpha value is -3.35. The van der Waals surface area contributed by atoms with Crippen LogP contribution in [0.25, 0.3) is 0 Å². The molecule has 0 heterocycles. The molecule has 2 amide bonds. The Morgan fingerprint density at radius 2 is 1.57 bits per heavy atom. The molecule has 0 radical (unpaired) electrons. The molecule has 7 heteroatoms. The van der Waals surface area contributed by atoms with Crippen molar-refractivity contribution in [2.75, 3.05) is 14.2 Å². The van der Waals surface area contributed by atoms with Crippen LogP contribution in [0.5, 0.6) is 5.75 Å². The van der Waals surface area contributed by atoms with Gasteiger partial charge in [-0.15, -0.1) is 0 Å². The molecule has 0 saturated heterocycles. The molecule has 160 valence electrons. The third-order valence-electron chi connectivity index (χ3n) is 4.65. The first-order valence-corrected chi connectivity index (χ1v) is 9.77. The van der Waals surface area contributed by atoms with Gasteiger partial charge in [0.15, 0.2) is 0 Å². The third-order valence-corrected chi connectivity index (χ3v) is 4.65. The fourth-order valence-electron chi connectivity index (χ4n) is 3.00. The normalized spacial score (nSPS) is 12.4. The van der Waals surface area contributed by atoms with Gasteiger partial charge >= 0.3 is 5.97 Å². The lowest BCUT2D eigenvalue weighted by Crippen LogP contribution is -2.43. The Balaban J connectivity index is 1.87. The van der Waals surface area contributed by atoms with E-state index < -0.39 is 17.9 Å². The van der Waals surface area contributed by atoms with Gasteiger partial charge in [0.1, 0.15) is 11.8 Å². The molecule has 0 aliphatic carbocycles. The summed E-state index contributed by atoms with van der Waals surface area (Å²) >= 11 is 0. The average Bonchev–Trinajstić information content (AvgIpc) is 2.77. The number of benzene rings is 2. The molecule has 0 unspecified atom stereocenters. The minimum Gasteiger partial charge on any atom is -0.497 e. The topological polar surface area (TPSA) is 93.7 Å². The van der Waals surface area contributed by atoms with Crippen molar-refractivity contribution in [3.05, 3.63) is 65.7 Å². The summed E-state index contributed by atoms with van der Waals surface area (Å²) in [5, 5.41) is 5.53. The van der Waals surface area contributed by atoms with Crippen molar-refractivity contribution in [3.8, 4) is 5.75 Å². The summed E-state index contributed by atoms with van der Waals surface area (Å²) in [7, 11) is 2.83. The van der Waals surface area contributed by atoms with E-state index in [9.17, 15) is 14.4 Å². The number of ether oxygens (including phenoxy) is 2. The van der Waals surface area contributed by atoms with Crippen molar-refractivity contribution in [1.82, 2.24) is 10.6 Å². The van der Waals surface area contributed by atoms with Gasteiger partial charge in [-0.25, -0.2) is 4.79 Å². The van der Waals surface area contributed by atoms with E-state index in [0.29, 0.717) is 5.75 Å². The van der Waals surface area contributed by atoms with Crippen molar-refractivity contribution < 1.29 is 23.9 Å². The summed E-state index contributed by atoms with van der Waals surface area (Å²) in [4.78, 5) is 36.6. The molecule has 2 N–H and O–H groups in total. The summed E-state index contributed by atoms with van der Waals surface area (Å²) < 4.78 is 9.99. The lowest BCUT2D eigenvalue weighted by Gasteiger charge is -2.17. The van der Waals surface area contributed by atoms with Gasteiger partial charge in [0.2, 0.25) is 11.8 Å². The van der Waals surface area contributed by atoms with Crippen molar-refractivity contribution in [2.45, 2.75) is 38.3 Å². The van der Waals surface area contributed by atoms with E-state index in [4.69, 9.17) is 9.47 Å². The Morgan fingerprint density at radius 3 is 2.20 bits per heavy atom. The van der Waals surface area contributed by atoms with E-state index in [2.05, 4.69) is 10.6 Å². The second-order valence-corrected chi connectivity index (χ2v) is 6.90. The van der Waals surface area contributed by atoms with Crippen LogP contribution in [-0.2, 0) is 25.5 Å². The molecule has 2 aromatic carbocycles. The minimum atomic E-state index is -0.846. The minimum absolute atomic E-state index is 0.0239. The Morgan fingerprint density at radius 1 is 0.900 bits per heavy atom. The number of hydrogen-bond acceptors (Lipinski definition) is 5. The number of esters is 1. The van der Waals surface area contributed by atoms with Gasteiger partial charge in [-0.2, -0.15) is 0 Å². The van der Waals surface area contributed by atoms with Crippen molar-refractivity contribution in [3.63, 3.8) is 0 Å². The van der Waals surface area contributed by atoms with Crippen LogP contribution < -0.4 is 15.4 Å². The predicted octanol–water partition coefficient (Wildman–Crippen LogP) is 2.55. The first kappa shape index (κ1) is 22.9. The van der Waals surface area contributed by atoms with Crippen molar-refractivity contribution in [2.24, 2.45) is 0 Å². The van der Waals surface area contributed by atoms with Crippen molar-refractivity contribution in [1.29, 1.82) is 0 Å². The lowest BCUT2D eigenvalue weighted by atomic mass is 10.1. The first-order chi connectivity index (χ1) is 14.4. The Kier molecular flexibility index (Phi) is 8.87. The van der Waals surface area contributed by atoms with Crippen LogP contribution in [0.1, 0.15) is 36.9 Å². The molecule has 2 aromatic rings. The van der Waals surface area contributed by atoms with Crippen LogP contribution in [0.3, 0.4) is 0 Å². The Labute approximate surface area is 176 Å². The van der Waals surface area contributed by atoms with Gasteiger partial charge < -0.3 is 20.1 Å². The fraction of sp³-hybridized carbons (Fsp3) is 0.348. The summed E-state index contributed by atoms with van der Waals surface area (Å²) in [6, 6.07) is 15.8. The van der Waals surface area contributed by atoms with Crippen LogP contribution in [-0.4, -0.2) is 38.0 Å². The maximum absolute atomic E-state index is 12.3. The molecule has 2 rings (SSSR count). The quantitative estimate of drug-likeness (QED) is 0.585. The molecule has 0 aliphatic heterocycles. The number of amides is 2. The van der Waals surface area contributed by atoms with Crippen LogP contribution in [0, 0.1) is 0 Å². The number of rotatable bonds is 10. The highest BCUT2D eigenvalue weighted by Crippen LogP contribution is 2.15. The highest BCUT2D eigenvalue weighted by molar-refractivity contribution is 5.87. The van der Waals surface area contributed by atoms with Crippen LogP contribution in [0.15, 0.2) is 54.6 Å². The van der Waals surface area contributed by atoms with E-state index in [1.807, 2.05) is 49.4 Å². The van der Waals surface area contributed by atoms with E-state index >= 15 is 0 Å². The monoisotopic (exact) mass is 412 g/mol. The average molecular weight is 412 g/mol. The second kappa shape index (κ2) is 11.6. The number of methoxy groups -OCH3 is 2. The smallest absolute Gasteiger partial charge is 0.328 e. The zero-order valence-corrected chi connectivity index (χ0v) is 17.5. The SMILES string of the molecule is COC(=O)[C@H](Cc1cccc(OC)c1)NC(=O)CCC(=O)N[C@H](C)c1ccccc1. The molecule has 0 aromatic heterocycles. The van der Waals surface area contributed by atoms with Gasteiger partial charge in [-0.05, 0) is 30.2 Å². The molecule has 2 atom stereocenters. The fourth-order valence-corrected chi connectivity index (χ4v) is 3.00. The second-order valence-electron chi connectivity index (χ2n) is 6.90. The number of carbonyl (C=O) groups excluding carboxylic acids is 3. The molecule has 0 bridgehead atoms. The van der Waals surface area contributed by atoms with E-state index in [0.717, 1.165) is 11.1 Å². The molecule has 0 aliphatic rings. The number of carbonyl (C=O) groups is 3. The number of hydrogen-bond donors (Lipinski definition) is 2. The molecular weight excluding hydrogens is 384 g/mol. The third kappa shape index (κ3) is 7.24.